The molecule has 0 aliphatic carbocycles. The monoisotopic (exact) mass is 440 g/mol. The predicted octanol–water partition coefficient (Wildman–Crippen LogP) is 1.68. The minimum Gasteiger partial charge on any atom is -0.451 e. The quantitative estimate of drug-likeness (QED) is 0.359. The third-order valence-electron chi connectivity index (χ3n) is 4.99. The molecule has 31 heavy (non-hydrogen) atoms. The lowest BCUT2D eigenvalue weighted by molar-refractivity contribution is -0.150. The van der Waals surface area contributed by atoms with E-state index < -0.39 is 47.5 Å². The summed E-state index contributed by atoms with van der Waals surface area (Å²) in [6, 6.07) is -0.560. The Kier molecular flexibility index (Phi) is 8.45. The highest BCUT2D eigenvalue weighted by Crippen LogP contribution is 2.26. The van der Waals surface area contributed by atoms with Gasteiger partial charge < -0.3 is 19.7 Å². The smallest absolute Gasteiger partial charge is 0.332 e. The van der Waals surface area contributed by atoms with Crippen molar-refractivity contribution < 1.29 is 37.0 Å². The number of hydrogen-bond donors (Lipinski definition) is 1. The highest BCUT2D eigenvalue weighted by molar-refractivity contribution is 5.86. The van der Waals surface area contributed by atoms with Crippen LogP contribution in [0.25, 0.3) is 0 Å². The van der Waals surface area contributed by atoms with Crippen molar-refractivity contribution in [1.29, 1.82) is 0 Å². The Labute approximate surface area is 177 Å². The number of methoxy groups -OCH3 is 1. The van der Waals surface area contributed by atoms with Gasteiger partial charge >= 0.3 is 5.97 Å². The van der Waals surface area contributed by atoms with E-state index in [9.17, 15) is 27.6 Å². The number of likely N-dealkylation sites (tertiary alicyclic amines) is 1. The fourth-order valence-electron chi connectivity index (χ4n) is 3.28. The predicted molar refractivity (Wildman–Crippen MR) is 103 cm³/mol. The van der Waals surface area contributed by atoms with Gasteiger partial charge in [0, 0.05) is 44.2 Å². The van der Waals surface area contributed by atoms with Gasteiger partial charge in [-0.1, -0.05) is 5.92 Å². The summed E-state index contributed by atoms with van der Waals surface area (Å²) in [6.07, 6.45) is 4.52. The van der Waals surface area contributed by atoms with Gasteiger partial charge in [0.1, 0.15) is 5.82 Å². The molecule has 0 radical (unpaired) electrons. The largest absolute Gasteiger partial charge is 0.451 e. The summed E-state index contributed by atoms with van der Waals surface area (Å²) in [7, 11) is 1.35. The molecule has 10 heteroatoms. The summed E-state index contributed by atoms with van der Waals surface area (Å²) in [5.74, 6) is -3.19. The number of nitrogens with one attached hydrogen (secondary N) is 1. The summed E-state index contributed by atoms with van der Waals surface area (Å²) in [4.78, 5) is 38.1. The van der Waals surface area contributed by atoms with Crippen molar-refractivity contribution >= 4 is 17.8 Å². The van der Waals surface area contributed by atoms with Crippen LogP contribution in [0.1, 0.15) is 31.7 Å². The average molecular weight is 440 g/mol. The number of carbonyl (C=O) groups is 3. The fraction of sp³-hybridized carbons (Fsp3) is 0.476. The van der Waals surface area contributed by atoms with Crippen molar-refractivity contribution in [2.75, 3.05) is 13.7 Å². The third kappa shape index (κ3) is 6.21. The fourth-order valence-corrected chi connectivity index (χ4v) is 3.28. The molecule has 1 N–H and O–H groups in total. The van der Waals surface area contributed by atoms with Crippen LogP contribution < -0.4 is 5.32 Å². The second-order valence-corrected chi connectivity index (χ2v) is 7.08. The zero-order chi connectivity index (χ0) is 23.1. The summed E-state index contributed by atoms with van der Waals surface area (Å²) in [6.45, 7) is 0.885. The lowest BCUT2D eigenvalue weighted by Crippen LogP contribution is -2.50. The van der Waals surface area contributed by atoms with Gasteiger partial charge in [0.15, 0.2) is 24.3 Å². The molecule has 2 rings (SSSR count). The van der Waals surface area contributed by atoms with Gasteiger partial charge in [-0.2, -0.15) is 0 Å². The van der Waals surface area contributed by atoms with Gasteiger partial charge in [-0.15, -0.1) is 6.42 Å². The van der Waals surface area contributed by atoms with Gasteiger partial charge in [0.25, 0.3) is 0 Å². The van der Waals surface area contributed by atoms with Crippen LogP contribution in [0.3, 0.4) is 0 Å². The van der Waals surface area contributed by atoms with E-state index >= 15 is 0 Å². The first-order valence-corrected chi connectivity index (χ1v) is 9.53. The molecule has 1 aromatic carbocycles. The number of terminal acetylenes is 1. The van der Waals surface area contributed by atoms with Gasteiger partial charge in [-0.25, -0.2) is 18.0 Å². The average Bonchev–Trinajstić information content (AvgIpc) is 3.06. The number of esters is 1. The molecule has 1 saturated heterocycles. The van der Waals surface area contributed by atoms with Gasteiger partial charge in [0.05, 0.1) is 6.10 Å². The van der Waals surface area contributed by atoms with E-state index in [4.69, 9.17) is 15.9 Å². The van der Waals surface area contributed by atoms with E-state index in [0.29, 0.717) is 6.07 Å². The number of benzene rings is 1. The highest BCUT2D eigenvalue weighted by Gasteiger charge is 2.35. The van der Waals surface area contributed by atoms with Crippen LogP contribution in [-0.2, 0) is 30.4 Å². The molecule has 0 unspecified atom stereocenters. The van der Waals surface area contributed by atoms with Crippen molar-refractivity contribution in [1.82, 2.24) is 10.2 Å². The van der Waals surface area contributed by atoms with Crippen LogP contribution in [0.5, 0.6) is 0 Å². The molecular weight excluding hydrogens is 417 g/mol. The van der Waals surface area contributed by atoms with Crippen LogP contribution >= 0.6 is 0 Å². The Morgan fingerprint density at radius 2 is 2.06 bits per heavy atom. The number of carbonyl (C=O) groups excluding carboxylic acids is 3. The van der Waals surface area contributed by atoms with Crippen LogP contribution in [0.15, 0.2) is 12.1 Å². The van der Waals surface area contributed by atoms with Crippen molar-refractivity contribution in [3.63, 3.8) is 0 Å². The summed E-state index contributed by atoms with van der Waals surface area (Å²) < 4.78 is 50.9. The molecule has 1 aliphatic heterocycles. The topological polar surface area (TPSA) is 84.9 Å². The van der Waals surface area contributed by atoms with Crippen LogP contribution in [-0.4, -0.2) is 54.6 Å². The van der Waals surface area contributed by atoms with E-state index in [-0.39, 0.29) is 43.9 Å². The van der Waals surface area contributed by atoms with E-state index in [1.165, 1.54) is 12.0 Å². The van der Waals surface area contributed by atoms with E-state index in [2.05, 4.69) is 11.2 Å². The van der Waals surface area contributed by atoms with Crippen LogP contribution in [0, 0.1) is 29.8 Å². The number of ether oxygens (including phenoxy) is 2. The number of halogens is 3. The van der Waals surface area contributed by atoms with Crippen LogP contribution in [0.4, 0.5) is 13.2 Å². The first-order chi connectivity index (χ1) is 14.7. The molecule has 168 valence electrons. The molecule has 1 aliphatic rings. The standard InChI is InChI=1S/C21H23F3N2O5/c1-4-7-31-21(29)20(12(2)30-3)25-17(27)10-15-5-6-18(28)26(15)11-13-8-14(22)9-16(23)19(13)24/h1,8-9,12,15,20H,5-7,10-11H2,2-3H3,(H,25,27)/t12-,15+,20+/m1/s1. The second-order valence-electron chi connectivity index (χ2n) is 7.08. The summed E-state index contributed by atoms with van der Waals surface area (Å²) in [5.41, 5.74) is -0.332. The number of amides is 2. The maximum atomic E-state index is 14.0. The SMILES string of the molecule is C#CCOC(=O)[C@@H](NC(=O)C[C@@H]1CCC(=O)N1Cc1cc(F)cc(F)c1F)[C@@H](C)OC. The van der Waals surface area contributed by atoms with Crippen LogP contribution in [0.2, 0.25) is 0 Å². The molecule has 0 bridgehead atoms. The van der Waals surface area contributed by atoms with Crippen molar-refractivity contribution in [2.24, 2.45) is 0 Å². The second kappa shape index (κ2) is 10.8. The van der Waals surface area contributed by atoms with Gasteiger partial charge in [0.2, 0.25) is 11.8 Å². The number of nitrogens with zero attached hydrogens (tertiary/aromatic N) is 1. The molecule has 1 heterocycles. The zero-order valence-electron chi connectivity index (χ0n) is 17.1. The Bertz CT molecular complexity index is 887. The molecule has 0 saturated carbocycles. The lowest BCUT2D eigenvalue weighted by Gasteiger charge is -2.27. The zero-order valence-corrected chi connectivity index (χ0v) is 17.1. The van der Waals surface area contributed by atoms with E-state index in [0.717, 1.165) is 6.07 Å². The molecule has 1 aromatic rings. The van der Waals surface area contributed by atoms with Crippen molar-refractivity contribution in [3.05, 3.63) is 35.1 Å². The minimum absolute atomic E-state index is 0.0967. The Morgan fingerprint density at radius 3 is 2.71 bits per heavy atom. The minimum atomic E-state index is -1.36. The molecule has 7 nitrogen and oxygen atoms in total. The maximum absolute atomic E-state index is 14.0. The number of hydrogen-bond acceptors (Lipinski definition) is 5. The molecule has 3 atom stereocenters. The Balaban J connectivity index is 2.09. The maximum Gasteiger partial charge on any atom is 0.332 e. The normalized spacial score (nSPS) is 17.7. The molecule has 2 amide bonds. The molecular formula is C21H23F3N2O5. The molecule has 1 fully saturated rings. The first kappa shape index (κ1) is 24.2. The lowest BCUT2D eigenvalue weighted by atomic mass is 10.1. The third-order valence-corrected chi connectivity index (χ3v) is 4.99. The van der Waals surface area contributed by atoms with Gasteiger partial charge in [-0.05, 0) is 19.4 Å². The van der Waals surface area contributed by atoms with Crippen molar-refractivity contribution in [3.8, 4) is 12.3 Å². The summed E-state index contributed by atoms with van der Waals surface area (Å²) >= 11 is 0. The van der Waals surface area contributed by atoms with E-state index in [1.54, 1.807) is 6.92 Å². The molecule has 0 spiro atoms. The van der Waals surface area contributed by atoms with Gasteiger partial charge in [-0.3, -0.25) is 9.59 Å². The van der Waals surface area contributed by atoms with Crippen molar-refractivity contribution in [2.45, 2.75) is 50.9 Å². The summed E-state index contributed by atoms with van der Waals surface area (Å²) in [5, 5.41) is 2.49. The number of rotatable bonds is 9. The Morgan fingerprint density at radius 1 is 1.35 bits per heavy atom. The highest BCUT2D eigenvalue weighted by atomic mass is 19.2. The Hall–Kier alpha value is -3.06. The molecule has 0 aromatic heterocycles. The first-order valence-electron chi connectivity index (χ1n) is 9.53. The van der Waals surface area contributed by atoms with E-state index in [1.807, 2.05) is 0 Å².